The van der Waals surface area contributed by atoms with E-state index >= 15 is 0 Å². The van der Waals surface area contributed by atoms with E-state index in [4.69, 9.17) is 28.4 Å². The SMILES string of the molecule is CC(O)C(NC(=O)C1=CC2OC(C3CC3)(C3CC3)OC2C(OC(=O)c2ccccc2C=CCOC2OC(CO)C(O)C(O)C2O)C1)C(=O)NC(CO)CCC(=O)OC(C)(C)C. The number of aliphatic hydroxyl groups excluding tert-OH is 6. The van der Waals surface area contributed by atoms with Crippen LogP contribution in [0.4, 0.5) is 0 Å². The molecule has 2 aliphatic heterocycles. The molecule has 11 unspecified atom stereocenters. The molecule has 2 amide bonds. The molecular formula is C43H60N2O16. The quantitative estimate of drug-likeness (QED) is 0.0913. The summed E-state index contributed by atoms with van der Waals surface area (Å²) in [6.07, 6.45) is -2.82. The van der Waals surface area contributed by atoms with Gasteiger partial charge in [-0.15, -0.1) is 0 Å². The number of amides is 2. The number of rotatable bonds is 18. The molecule has 5 aliphatic rings. The third-order valence-corrected chi connectivity index (χ3v) is 11.4. The van der Waals surface area contributed by atoms with E-state index in [1.165, 1.54) is 6.92 Å². The molecule has 2 heterocycles. The molecule has 0 bridgehead atoms. The van der Waals surface area contributed by atoms with Crippen LogP contribution in [-0.4, -0.2) is 153 Å². The van der Waals surface area contributed by atoms with Gasteiger partial charge in [0.1, 0.15) is 54.4 Å². The molecule has 1 aromatic rings. The molecule has 0 radical (unpaired) electrons. The number of esters is 2. The molecule has 4 fully saturated rings. The summed E-state index contributed by atoms with van der Waals surface area (Å²) in [6.45, 7) is 5.24. The van der Waals surface area contributed by atoms with Crippen molar-refractivity contribution in [3.63, 3.8) is 0 Å². The van der Waals surface area contributed by atoms with Crippen molar-refractivity contribution in [2.24, 2.45) is 11.8 Å². The van der Waals surface area contributed by atoms with Gasteiger partial charge < -0.3 is 69.7 Å². The molecule has 0 spiro atoms. The van der Waals surface area contributed by atoms with Gasteiger partial charge in [0.05, 0.1) is 37.5 Å². The molecule has 61 heavy (non-hydrogen) atoms. The Kier molecular flexibility index (Phi) is 15.1. The molecule has 18 nitrogen and oxygen atoms in total. The number of carbonyl (C=O) groups excluding carboxylic acids is 4. The van der Waals surface area contributed by atoms with E-state index < -0.39 is 116 Å². The van der Waals surface area contributed by atoms with Crippen LogP contribution in [0.25, 0.3) is 6.08 Å². The largest absolute Gasteiger partial charge is 0.460 e. The van der Waals surface area contributed by atoms with Crippen molar-refractivity contribution >= 4 is 29.8 Å². The summed E-state index contributed by atoms with van der Waals surface area (Å²) in [5.74, 6) is -3.30. The first-order valence-electron chi connectivity index (χ1n) is 21.0. The predicted molar refractivity (Wildman–Crippen MR) is 213 cm³/mol. The summed E-state index contributed by atoms with van der Waals surface area (Å²) in [6, 6.07) is 4.28. The molecule has 11 atom stereocenters. The van der Waals surface area contributed by atoms with E-state index in [2.05, 4.69) is 10.6 Å². The smallest absolute Gasteiger partial charge is 0.339 e. The van der Waals surface area contributed by atoms with Crippen LogP contribution >= 0.6 is 0 Å². The summed E-state index contributed by atoms with van der Waals surface area (Å²) in [5.41, 5.74) is 0.0507. The average Bonchev–Trinajstić information content (AvgIpc) is 4.17. The highest BCUT2D eigenvalue weighted by molar-refractivity contribution is 5.98. The Morgan fingerprint density at radius 1 is 0.967 bits per heavy atom. The maximum Gasteiger partial charge on any atom is 0.339 e. The van der Waals surface area contributed by atoms with E-state index in [1.807, 2.05) is 0 Å². The number of aliphatic hydroxyl groups is 6. The maximum absolute atomic E-state index is 14.0. The predicted octanol–water partition coefficient (Wildman–Crippen LogP) is 0.137. The summed E-state index contributed by atoms with van der Waals surface area (Å²) in [7, 11) is 0. The number of carbonyl (C=O) groups is 4. The van der Waals surface area contributed by atoms with Gasteiger partial charge >= 0.3 is 11.9 Å². The van der Waals surface area contributed by atoms with Gasteiger partial charge in [-0.2, -0.15) is 0 Å². The fourth-order valence-electron chi connectivity index (χ4n) is 7.95. The van der Waals surface area contributed by atoms with Crippen LogP contribution in [0.5, 0.6) is 0 Å². The summed E-state index contributed by atoms with van der Waals surface area (Å²) in [4.78, 5) is 53.6. The fourth-order valence-corrected chi connectivity index (χ4v) is 7.95. The molecule has 6 rings (SSSR count). The number of hydrogen-bond acceptors (Lipinski definition) is 16. The van der Waals surface area contributed by atoms with Gasteiger partial charge in [0.25, 0.3) is 0 Å². The van der Waals surface area contributed by atoms with Crippen molar-refractivity contribution in [1.29, 1.82) is 0 Å². The number of benzene rings is 1. The van der Waals surface area contributed by atoms with Gasteiger partial charge in [-0.05, 0) is 77.5 Å². The number of fused-ring (bicyclic) bond motifs is 1. The first-order valence-corrected chi connectivity index (χ1v) is 21.0. The lowest BCUT2D eigenvalue weighted by molar-refractivity contribution is -0.298. The third kappa shape index (κ3) is 11.4. The Morgan fingerprint density at radius 2 is 1.66 bits per heavy atom. The van der Waals surface area contributed by atoms with Gasteiger partial charge in [-0.3, -0.25) is 14.4 Å². The Morgan fingerprint density at radius 3 is 2.28 bits per heavy atom. The van der Waals surface area contributed by atoms with Crippen LogP contribution in [-0.2, 0) is 42.8 Å². The Balaban J connectivity index is 1.14. The molecule has 18 heteroatoms. The minimum Gasteiger partial charge on any atom is -0.460 e. The van der Waals surface area contributed by atoms with E-state index in [1.54, 1.807) is 63.3 Å². The zero-order valence-corrected chi connectivity index (χ0v) is 34.9. The van der Waals surface area contributed by atoms with E-state index in [0.717, 1.165) is 25.7 Å². The highest BCUT2D eigenvalue weighted by Gasteiger charge is 2.64. The summed E-state index contributed by atoms with van der Waals surface area (Å²) < 4.78 is 35.8. The minimum atomic E-state index is -1.60. The standard InChI is InChI=1S/C43H60N2O16/c1-22(48)33(39(54)44-27(20-46)15-16-32(49)60-42(2,3)4)45-38(53)24-18-29(37-30(19-24)59-43(61-37,25-11-12-25)26-13-14-26)57-40(55)28-10-6-5-8-23(28)9-7-17-56-41-36(52)35(51)34(50)31(21-47)58-41/h5-10,19,22,25-27,29-31,33-37,41,46-48,50-52H,11-18,20-21H2,1-4H3,(H,44,54)(H,45,53). The van der Waals surface area contributed by atoms with E-state index in [-0.39, 0.29) is 48.8 Å². The van der Waals surface area contributed by atoms with Crippen molar-refractivity contribution < 1.29 is 78.2 Å². The molecule has 338 valence electrons. The topological polar surface area (TPSA) is 269 Å². The van der Waals surface area contributed by atoms with Crippen molar-refractivity contribution in [3.8, 4) is 0 Å². The molecule has 2 saturated carbocycles. The van der Waals surface area contributed by atoms with Crippen molar-refractivity contribution in [2.45, 2.75) is 151 Å². The van der Waals surface area contributed by atoms with Gasteiger partial charge in [-0.25, -0.2) is 4.79 Å². The first kappa shape index (κ1) is 46.7. The number of nitrogens with one attached hydrogen (secondary N) is 2. The van der Waals surface area contributed by atoms with Gasteiger partial charge in [-0.1, -0.05) is 30.4 Å². The zero-order chi connectivity index (χ0) is 44.2. The van der Waals surface area contributed by atoms with Crippen LogP contribution in [0, 0.1) is 11.8 Å². The molecule has 0 aromatic heterocycles. The molecule has 2 saturated heterocycles. The second-order valence-corrected chi connectivity index (χ2v) is 17.5. The molecular weight excluding hydrogens is 800 g/mol. The van der Waals surface area contributed by atoms with Crippen molar-refractivity contribution in [1.82, 2.24) is 10.6 Å². The lowest BCUT2D eigenvalue weighted by atomic mass is 9.91. The van der Waals surface area contributed by atoms with Crippen LogP contribution in [0.2, 0.25) is 0 Å². The summed E-state index contributed by atoms with van der Waals surface area (Å²) >= 11 is 0. The molecule has 8 N–H and O–H groups in total. The van der Waals surface area contributed by atoms with Crippen LogP contribution < -0.4 is 10.6 Å². The van der Waals surface area contributed by atoms with Crippen molar-refractivity contribution in [2.75, 3.05) is 19.8 Å². The van der Waals surface area contributed by atoms with E-state index in [9.17, 15) is 49.8 Å². The Hall–Kier alpha value is -3.82. The maximum atomic E-state index is 14.0. The Labute approximate surface area is 354 Å². The van der Waals surface area contributed by atoms with Gasteiger partial charge in [0.15, 0.2) is 12.1 Å². The highest BCUT2D eigenvalue weighted by atomic mass is 16.8. The van der Waals surface area contributed by atoms with Crippen LogP contribution in [0.3, 0.4) is 0 Å². The lowest BCUT2D eigenvalue weighted by Crippen LogP contribution is -2.59. The number of hydrogen-bond donors (Lipinski definition) is 8. The zero-order valence-electron chi connectivity index (χ0n) is 34.9. The molecule has 3 aliphatic carbocycles. The van der Waals surface area contributed by atoms with E-state index in [0.29, 0.717) is 5.56 Å². The average molecular weight is 861 g/mol. The fraction of sp³-hybridized carbons (Fsp3) is 0.674. The highest BCUT2D eigenvalue weighted by Crippen LogP contribution is 2.59. The van der Waals surface area contributed by atoms with Crippen LogP contribution in [0.1, 0.15) is 88.6 Å². The minimum absolute atomic E-state index is 0.0504. The molecule has 1 aromatic carbocycles. The monoisotopic (exact) mass is 860 g/mol. The van der Waals surface area contributed by atoms with Crippen molar-refractivity contribution in [3.05, 3.63) is 53.1 Å². The number of ether oxygens (including phenoxy) is 6. The third-order valence-electron chi connectivity index (χ3n) is 11.4. The lowest BCUT2D eigenvalue weighted by Gasteiger charge is -2.39. The normalized spacial score (nSPS) is 30.1. The van der Waals surface area contributed by atoms with Crippen LogP contribution in [0.15, 0.2) is 42.0 Å². The Bertz CT molecular complexity index is 1770. The second kappa shape index (κ2) is 19.7. The van der Waals surface area contributed by atoms with Gasteiger partial charge in [0, 0.05) is 30.3 Å². The first-order chi connectivity index (χ1) is 28.9. The second-order valence-electron chi connectivity index (χ2n) is 17.5. The van der Waals surface area contributed by atoms with Gasteiger partial charge in [0.2, 0.25) is 11.8 Å². The summed E-state index contributed by atoms with van der Waals surface area (Å²) in [5, 5.41) is 65.6.